The van der Waals surface area contributed by atoms with Crippen LogP contribution >= 0.6 is 0 Å². The standard InChI is InChI=1S/C19H28N2O/c22-18(21-20-11-17-7-12-1-2-16(17)6-12)19-8-13-3-14(9-19)5-15(4-13)10-19/h11-17H,1-10H2,(H,21,22)/b20-11-/t12-,13?,14?,15?,16+,17+,19?/m0/s1. The Labute approximate surface area is 133 Å². The Hall–Kier alpha value is -0.860. The van der Waals surface area contributed by atoms with Gasteiger partial charge in [-0.05, 0) is 93.3 Å². The molecule has 0 aliphatic heterocycles. The Morgan fingerprint density at radius 2 is 1.59 bits per heavy atom. The van der Waals surface area contributed by atoms with Crippen LogP contribution in [-0.4, -0.2) is 12.1 Å². The Kier molecular flexibility index (Phi) is 2.97. The van der Waals surface area contributed by atoms with E-state index in [1.165, 1.54) is 44.9 Å². The van der Waals surface area contributed by atoms with Crippen molar-refractivity contribution in [1.82, 2.24) is 5.43 Å². The van der Waals surface area contributed by atoms with Gasteiger partial charge in [-0.2, -0.15) is 5.10 Å². The third-order valence-electron chi connectivity index (χ3n) is 7.74. The summed E-state index contributed by atoms with van der Waals surface area (Å²) in [4.78, 5) is 12.8. The van der Waals surface area contributed by atoms with Crippen LogP contribution in [-0.2, 0) is 4.79 Å². The highest BCUT2D eigenvalue weighted by Crippen LogP contribution is 2.60. The minimum Gasteiger partial charge on any atom is -0.273 e. The van der Waals surface area contributed by atoms with Gasteiger partial charge in [-0.3, -0.25) is 4.79 Å². The van der Waals surface area contributed by atoms with E-state index in [0.29, 0.717) is 5.92 Å². The van der Waals surface area contributed by atoms with Crippen molar-refractivity contribution < 1.29 is 4.79 Å². The molecule has 120 valence electrons. The molecule has 0 spiro atoms. The zero-order chi connectivity index (χ0) is 14.7. The van der Waals surface area contributed by atoms with Crippen molar-refractivity contribution >= 4 is 12.1 Å². The summed E-state index contributed by atoms with van der Waals surface area (Å²) in [6, 6.07) is 0. The molecule has 0 unspecified atom stereocenters. The SMILES string of the molecule is O=C(N/N=C\[C@H]1C[C@H]2CC[C@@H]1C2)C12CC3CC(CC(C3)C1)C2. The minimum absolute atomic E-state index is 0.0548. The van der Waals surface area contributed by atoms with Crippen LogP contribution in [0, 0.1) is 40.9 Å². The molecule has 6 rings (SSSR count). The predicted octanol–water partition coefficient (Wildman–Crippen LogP) is 3.74. The Balaban J connectivity index is 1.24. The van der Waals surface area contributed by atoms with Crippen LogP contribution in [0.15, 0.2) is 5.10 Å². The lowest BCUT2D eigenvalue weighted by atomic mass is 9.49. The van der Waals surface area contributed by atoms with E-state index in [9.17, 15) is 4.79 Å². The molecule has 0 radical (unpaired) electrons. The second-order valence-electron chi connectivity index (χ2n) is 9.26. The van der Waals surface area contributed by atoms with E-state index in [4.69, 9.17) is 0 Å². The maximum atomic E-state index is 12.8. The molecule has 6 aliphatic carbocycles. The number of rotatable bonds is 3. The van der Waals surface area contributed by atoms with Crippen LogP contribution in [0.5, 0.6) is 0 Å². The van der Waals surface area contributed by atoms with E-state index in [1.807, 2.05) is 0 Å². The lowest BCUT2D eigenvalue weighted by Gasteiger charge is -2.55. The van der Waals surface area contributed by atoms with Gasteiger partial charge in [0, 0.05) is 6.21 Å². The number of amides is 1. The number of hydrogen-bond acceptors (Lipinski definition) is 2. The molecule has 3 nitrogen and oxygen atoms in total. The van der Waals surface area contributed by atoms with Gasteiger partial charge in [-0.15, -0.1) is 0 Å². The normalized spacial score (nSPS) is 51.8. The first-order valence-corrected chi connectivity index (χ1v) is 9.54. The maximum absolute atomic E-state index is 12.8. The molecular formula is C19H28N2O. The molecule has 22 heavy (non-hydrogen) atoms. The largest absolute Gasteiger partial charge is 0.273 e. The summed E-state index contributed by atoms with van der Waals surface area (Å²) in [5.41, 5.74) is 2.90. The van der Waals surface area contributed by atoms with Crippen LogP contribution < -0.4 is 5.43 Å². The number of hydrogen-bond donors (Lipinski definition) is 1. The second kappa shape index (κ2) is 4.82. The van der Waals surface area contributed by atoms with Crippen molar-refractivity contribution in [2.24, 2.45) is 46.0 Å². The summed E-state index contributed by atoms with van der Waals surface area (Å²) in [7, 11) is 0. The fourth-order valence-electron chi connectivity index (χ4n) is 7.18. The van der Waals surface area contributed by atoms with Crippen LogP contribution in [0.1, 0.15) is 64.2 Å². The van der Waals surface area contributed by atoms with Gasteiger partial charge in [0.05, 0.1) is 5.41 Å². The van der Waals surface area contributed by atoms with Crippen molar-refractivity contribution in [3.8, 4) is 0 Å². The van der Waals surface area contributed by atoms with E-state index in [-0.39, 0.29) is 11.3 Å². The highest BCUT2D eigenvalue weighted by atomic mass is 16.2. The molecule has 3 atom stereocenters. The van der Waals surface area contributed by atoms with Gasteiger partial charge < -0.3 is 0 Å². The molecule has 0 heterocycles. The Bertz CT molecular complexity index is 476. The molecule has 0 aromatic heterocycles. The number of carbonyl (C=O) groups excluding carboxylic acids is 1. The monoisotopic (exact) mass is 300 g/mol. The Morgan fingerprint density at radius 1 is 0.909 bits per heavy atom. The summed E-state index contributed by atoms with van der Waals surface area (Å²) in [5, 5.41) is 4.40. The molecular weight excluding hydrogens is 272 g/mol. The van der Waals surface area contributed by atoms with Crippen molar-refractivity contribution in [3.63, 3.8) is 0 Å². The van der Waals surface area contributed by atoms with Crippen LogP contribution in [0.4, 0.5) is 0 Å². The molecule has 6 aliphatic rings. The van der Waals surface area contributed by atoms with E-state index >= 15 is 0 Å². The van der Waals surface area contributed by atoms with Gasteiger partial charge in [-0.25, -0.2) is 5.43 Å². The molecule has 6 saturated carbocycles. The van der Waals surface area contributed by atoms with Gasteiger partial charge >= 0.3 is 0 Å². The van der Waals surface area contributed by atoms with Crippen molar-refractivity contribution in [2.75, 3.05) is 0 Å². The first-order chi connectivity index (χ1) is 10.7. The first-order valence-electron chi connectivity index (χ1n) is 9.54. The molecule has 6 bridgehead atoms. The number of fused-ring (bicyclic) bond motifs is 2. The van der Waals surface area contributed by atoms with Gasteiger partial charge in [-0.1, -0.05) is 6.42 Å². The first kappa shape index (κ1) is 13.6. The fourth-order valence-corrected chi connectivity index (χ4v) is 7.18. The van der Waals surface area contributed by atoms with Crippen molar-refractivity contribution in [1.29, 1.82) is 0 Å². The lowest BCUT2D eigenvalue weighted by Crippen LogP contribution is -2.52. The van der Waals surface area contributed by atoms with E-state index in [0.717, 1.165) is 48.9 Å². The van der Waals surface area contributed by atoms with Gasteiger partial charge in [0.15, 0.2) is 0 Å². The van der Waals surface area contributed by atoms with Crippen molar-refractivity contribution in [2.45, 2.75) is 64.2 Å². The number of hydrazone groups is 1. The average molecular weight is 300 g/mol. The van der Waals surface area contributed by atoms with E-state index in [1.54, 1.807) is 0 Å². The highest BCUT2D eigenvalue weighted by Gasteiger charge is 2.54. The number of nitrogens with one attached hydrogen (secondary N) is 1. The molecule has 1 amide bonds. The summed E-state index contributed by atoms with van der Waals surface area (Å²) < 4.78 is 0. The minimum atomic E-state index is -0.0548. The molecule has 0 aromatic carbocycles. The molecule has 1 N–H and O–H groups in total. The average Bonchev–Trinajstić information content (AvgIpc) is 3.08. The molecule has 0 saturated heterocycles. The molecule has 6 fully saturated rings. The topological polar surface area (TPSA) is 41.5 Å². The summed E-state index contributed by atoms with van der Waals surface area (Å²) in [5.74, 6) is 5.15. The second-order valence-corrected chi connectivity index (χ2v) is 9.26. The molecule has 0 aromatic rings. The number of carbonyl (C=O) groups is 1. The van der Waals surface area contributed by atoms with Crippen molar-refractivity contribution in [3.05, 3.63) is 0 Å². The molecule has 3 heteroatoms. The summed E-state index contributed by atoms with van der Waals surface area (Å²) in [6.45, 7) is 0. The smallest absolute Gasteiger partial charge is 0.246 e. The Morgan fingerprint density at radius 3 is 2.14 bits per heavy atom. The zero-order valence-corrected chi connectivity index (χ0v) is 13.5. The quantitative estimate of drug-likeness (QED) is 0.626. The predicted molar refractivity (Wildman–Crippen MR) is 86.2 cm³/mol. The van der Waals surface area contributed by atoms with Crippen LogP contribution in [0.25, 0.3) is 0 Å². The zero-order valence-electron chi connectivity index (χ0n) is 13.5. The van der Waals surface area contributed by atoms with Gasteiger partial charge in [0.1, 0.15) is 0 Å². The van der Waals surface area contributed by atoms with E-state index < -0.39 is 0 Å². The number of nitrogens with zero attached hydrogens (tertiary/aromatic N) is 1. The third kappa shape index (κ3) is 2.07. The van der Waals surface area contributed by atoms with E-state index in [2.05, 4.69) is 16.7 Å². The fraction of sp³-hybridized carbons (Fsp3) is 0.895. The van der Waals surface area contributed by atoms with Gasteiger partial charge in [0.25, 0.3) is 0 Å². The van der Waals surface area contributed by atoms with Crippen LogP contribution in [0.3, 0.4) is 0 Å². The van der Waals surface area contributed by atoms with Crippen LogP contribution in [0.2, 0.25) is 0 Å². The van der Waals surface area contributed by atoms with Gasteiger partial charge in [0.2, 0.25) is 5.91 Å². The summed E-state index contributed by atoms with van der Waals surface area (Å²) in [6.07, 6.45) is 15.2. The highest BCUT2D eigenvalue weighted by molar-refractivity contribution is 5.83. The summed E-state index contributed by atoms with van der Waals surface area (Å²) >= 11 is 0. The third-order valence-corrected chi connectivity index (χ3v) is 7.74. The lowest BCUT2D eigenvalue weighted by molar-refractivity contribution is -0.146. The maximum Gasteiger partial charge on any atom is 0.246 e.